The summed E-state index contributed by atoms with van der Waals surface area (Å²) in [4.78, 5) is 15.1. The first kappa shape index (κ1) is 13.1. The molecule has 0 bridgehead atoms. The molecule has 5 heteroatoms. The SMILES string of the molecule is CC1(CNc2nccc(C(=O)O)c2Cl)CCCC1. The highest BCUT2D eigenvalue weighted by Gasteiger charge is 2.28. The molecule has 1 saturated carbocycles. The Bertz CT molecular complexity index is 456. The second-order valence-corrected chi connectivity index (χ2v) is 5.58. The van der Waals surface area contributed by atoms with Gasteiger partial charge in [-0.05, 0) is 24.3 Å². The smallest absolute Gasteiger partial charge is 0.337 e. The highest BCUT2D eigenvalue weighted by molar-refractivity contribution is 6.35. The molecule has 0 aliphatic heterocycles. The van der Waals surface area contributed by atoms with E-state index in [2.05, 4.69) is 17.2 Å². The Morgan fingerprint density at radius 3 is 2.83 bits per heavy atom. The predicted molar refractivity (Wildman–Crippen MR) is 71.3 cm³/mol. The molecule has 1 aromatic heterocycles. The zero-order valence-electron chi connectivity index (χ0n) is 10.4. The van der Waals surface area contributed by atoms with Crippen LogP contribution in [0, 0.1) is 5.41 Å². The molecule has 0 saturated heterocycles. The number of anilines is 1. The highest BCUT2D eigenvalue weighted by Crippen LogP contribution is 2.37. The van der Waals surface area contributed by atoms with Gasteiger partial charge in [-0.3, -0.25) is 0 Å². The molecule has 0 radical (unpaired) electrons. The van der Waals surface area contributed by atoms with Crippen LogP contribution in [-0.4, -0.2) is 22.6 Å². The third kappa shape index (κ3) is 2.75. The van der Waals surface area contributed by atoms with Crippen molar-refractivity contribution in [3.63, 3.8) is 0 Å². The fraction of sp³-hybridized carbons (Fsp3) is 0.538. The minimum absolute atomic E-state index is 0.0886. The van der Waals surface area contributed by atoms with E-state index >= 15 is 0 Å². The fourth-order valence-electron chi connectivity index (χ4n) is 2.43. The maximum Gasteiger partial charge on any atom is 0.337 e. The van der Waals surface area contributed by atoms with Crippen LogP contribution in [0.3, 0.4) is 0 Å². The summed E-state index contributed by atoms with van der Waals surface area (Å²) >= 11 is 6.03. The van der Waals surface area contributed by atoms with E-state index < -0.39 is 5.97 Å². The van der Waals surface area contributed by atoms with Gasteiger partial charge in [0.1, 0.15) is 5.82 Å². The number of carboxylic acids is 1. The van der Waals surface area contributed by atoms with Gasteiger partial charge in [-0.1, -0.05) is 31.4 Å². The van der Waals surface area contributed by atoms with Crippen molar-refractivity contribution in [3.05, 3.63) is 22.8 Å². The Kier molecular flexibility index (Phi) is 3.76. The summed E-state index contributed by atoms with van der Waals surface area (Å²) in [5.41, 5.74) is 0.357. The lowest BCUT2D eigenvalue weighted by atomic mass is 9.89. The Balaban J connectivity index is 2.10. The van der Waals surface area contributed by atoms with Crippen LogP contribution in [0.5, 0.6) is 0 Å². The van der Waals surface area contributed by atoms with Crippen molar-refractivity contribution >= 4 is 23.4 Å². The number of hydrogen-bond acceptors (Lipinski definition) is 3. The molecular formula is C13H17ClN2O2. The van der Waals surface area contributed by atoms with Crippen molar-refractivity contribution in [3.8, 4) is 0 Å². The fourth-order valence-corrected chi connectivity index (χ4v) is 2.69. The maximum atomic E-state index is 11.0. The predicted octanol–water partition coefficient (Wildman–Crippen LogP) is 3.43. The first-order chi connectivity index (χ1) is 8.52. The van der Waals surface area contributed by atoms with Gasteiger partial charge in [0.05, 0.1) is 10.6 Å². The summed E-state index contributed by atoms with van der Waals surface area (Å²) in [6, 6.07) is 1.41. The van der Waals surface area contributed by atoms with Crippen LogP contribution in [0.4, 0.5) is 5.82 Å². The second kappa shape index (κ2) is 5.14. The number of nitrogens with zero attached hydrogens (tertiary/aromatic N) is 1. The second-order valence-electron chi connectivity index (χ2n) is 5.20. The van der Waals surface area contributed by atoms with E-state index in [-0.39, 0.29) is 16.0 Å². The lowest BCUT2D eigenvalue weighted by Crippen LogP contribution is -2.23. The van der Waals surface area contributed by atoms with Crippen LogP contribution in [0.15, 0.2) is 12.3 Å². The van der Waals surface area contributed by atoms with Crippen molar-refractivity contribution in [2.24, 2.45) is 5.41 Å². The Morgan fingerprint density at radius 1 is 1.56 bits per heavy atom. The summed E-state index contributed by atoms with van der Waals surface area (Å²) in [6.07, 6.45) is 6.37. The van der Waals surface area contributed by atoms with Gasteiger partial charge in [-0.2, -0.15) is 0 Å². The number of aromatic carboxylic acids is 1. The van der Waals surface area contributed by atoms with Crippen LogP contribution in [0.1, 0.15) is 43.0 Å². The normalized spacial score (nSPS) is 17.7. The number of pyridine rings is 1. The van der Waals surface area contributed by atoms with Crippen LogP contribution in [0.2, 0.25) is 5.02 Å². The molecule has 2 N–H and O–H groups in total. The topological polar surface area (TPSA) is 62.2 Å². The highest BCUT2D eigenvalue weighted by atomic mass is 35.5. The summed E-state index contributed by atoms with van der Waals surface area (Å²) in [5, 5.41) is 12.4. The first-order valence-electron chi connectivity index (χ1n) is 6.13. The Hall–Kier alpha value is -1.29. The molecule has 1 heterocycles. The quantitative estimate of drug-likeness (QED) is 0.878. The van der Waals surface area contributed by atoms with Crippen molar-refractivity contribution in [2.45, 2.75) is 32.6 Å². The molecule has 1 fully saturated rings. The number of halogens is 1. The number of carboxylic acid groups (broad SMARTS) is 1. The molecule has 0 amide bonds. The number of nitrogens with one attached hydrogen (secondary N) is 1. The molecule has 2 rings (SSSR count). The monoisotopic (exact) mass is 268 g/mol. The van der Waals surface area contributed by atoms with Crippen molar-refractivity contribution in [2.75, 3.05) is 11.9 Å². The third-order valence-electron chi connectivity index (χ3n) is 3.61. The van der Waals surface area contributed by atoms with Gasteiger partial charge < -0.3 is 10.4 Å². The average molecular weight is 269 g/mol. The van der Waals surface area contributed by atoms with Gasteiger partial charge in [-0.15, -0.1) is 0 Å². The number of rotatable bonds is 4. The molecule has 0 aromatic carbocycles. The molecule has 1 aliphatic rings. The van der Waals surface area contributed by atoms with E-state index in [1.807, 2.05) is 0 Å². The van der Waals surface area contributed by atoms with Gasteiger partial charge in [0.15, 0.2) is 0 Å². The van der Waals surface area contributed by atoms with E-state index in [4.69, 9.17) is 16.7 Å². The van der Waals surface area contributed by atoms with Gasteiger partial charge in [0.2, 0.25) is 0 Å². The molecule has 1 aliphatic carbocycles. The molecule has 4 nitrogen and oxygen atoms in total. The van der Waals surface area contributed by atoms with Gasteiger partial charge in [0.25, 0.3) is 0 Å². The van der Waals surface area contributed by atoms with Gasteiger partial charge in [0, 0.05) is 12.7 Å². The van der Waals surface area contributed by atoms with Crippen LogP contribution >= 0.6 is 11.6 Å². The van der Waals surface area contributed by atoms with Gasteiger partial charge in [-0.25, -0.2) is 9.78 Å². The van der Waals surface area contributed by atoms with E-state index in [1.54, 1.807) is 0 Å². The van der Waals surface area contributed by atoms with Crippen LogP contribution in [-0.2, 0) is 0 Å². The lowest BCUT2D eigenvalue weighted by molar-refractivity contribution is 0.0697. The van der Waals surface area contributed by atoms with Crippen LogP contribution in [0.25, 0.3) is 0 Å². The molecule has 98 valence electrons. The minimum Gasteiger partial charge on any atom is -0.478 e. The summed E-state index contributed by atoms with van der Waals surface area (Å²) in [5.74, 6) is -0.567. The maximum absolute atomic E-state index is 11.0. The number of hydrogen-bond donors (Lipinski definition) is 2. The molecule has 1 aromatic rings. The zero-order valence-corrected chi connectivity index (χ0v) is 11.1. The van der Waals surface area contributed by atoms with Crippen molar-refractivity contribution < 1.29 is 9.90 Å². The van der Waals surface area contributed by atoms with Crippen LogP contribution < -0.4 is 5.32 Å². The molecule has 0 unspecified atom stereocenters. The van der Waals surface area contributed by atoms with E-state index in [0.717, 1.165) is 6.54 Å². The summed E-state index contributed by atoms with van der Waals surface area (Å²) in [6.45, 7) is 3.02. The van der Waals surface area contributed by atoms with Crippen molar-refractivity contribution in [1.29, 1.82) is 0 Å². The lowest BCUT2D eigenvalue weighted by Gasteiger charge is -2.24. The summed E-state index contributed by atoms with van der Waals surface area (Å²) < 4.78 is 0. The molecule has 18 heavy (non-hydrogen) atoms. The number of aromatic nitrogens is 1. The number of carbonyl (C=O) groups is 1. The van der Waals surface area contributed by atoms with Crippen molar-refractivity contribution in [1.82, 2.24) is 4.98 Å². The standard InChI is InChI=1S/C13H17ClN2O2/c1-13(5-2-3-6-13)8-16-11-10(14)9(12(17)18)4-7-15-11/h4,7H,2-3,5-6,8H2,1H3,(H,15,16)(H,17,18). The Morgan fingerprint density at radius 2 is 2.22 bits per heavy atom. The first-order valence-corrected chi connectivity index (χ1v) is 6.51. The molecule has 0 atom stereocenters. The average Bonchev–Trinajstić information content (AvgIpc) is 2.75. The van der Waals surface area contributed by atoms with E-state index in [1.165, 1.54) is 37.9 Å². The third-order valence-corrected chi connectivity index (χ3v) is 4.00. The molecule has 0 spiro atoms. The van der Waals surface area contributed by atoms with E-state index in [9.17, 15) is 4.79 Å². The van der Waals surface area contributed by atoms with E-state index in [0.29, 0.717) is 5.82 Å². The largest absolute Gasteiger partial charge is 0.478 e. The summed E-state index contributed by atoms with van der Waals surface area (Å²) in [7, 11) is 0. The van der Waals surface area contributed by atoms with Gasteiger partial charge >= 0.3 is 5.97 Å². The zero-order chi connectivity index (χ0) is 13.2. The molecular weight excluding hydrogens is 252 g/mol. The Labute approximate surface area is 111 Å². The minimum atomic E-state index is -1.03.